The normalized spacial score (nSPS) is 11.9. The molecule has 8 heteroatoms. The second-order valence-corrected chi connectivity index (χ2v) is 6.07. The molecule has 1 atom stereocenters. The average Bonchev–Trinajstić information content (AvgIpc) is 2.56. The van der Waals surface area contributed by atoms with Crippen LogP contribution in [0.5, 0.6) is 0 Å². The lowest BCUT2D eigenvalue weighted by molar-refractivity contribution is -0.383. The Morgan fingerprint density at radius 3 is 2.50 bits per heavy atom. The van der Waals surface area contributed by atoms with Crippen LogP contribution in [0.4, 0.5) is 5.69 Å². The first-order valence-electron chi connectivity index (χ1n) is 7.14. The molecule has 0 aliphatic carbocycles. The summed E-state index contributed by atoms with van der Waals surface area (Å²) in [4.78, 5) is 34.3. The smallest absolute Gasteiger partial charge is 0.326 e. The van der Waals surface area contributed by atoms with Gasteiger partial charge in [-0.05, 0) is 30.6 Å². The monoisotopic (exact) mass is 348 g/mol. The van der Waals surface area contributed by atoms with Gasteiger partial charge in [-0.1, -0.05) is 18.2 Å². The second kappa shape index (κ2) is 7.78. The van der Waals surface area contributed by atoms with Gasteiger partial charge in [-0.15, -0.1) is 0 Å². The quantitative estimate of drug-likeness (QED) is 0.588. The van der Waals surface area contributed by atoms with Crippen molar-refractivity contribution in [2.75, 3.05) is 12.0 Å². The fourth-order valence-electron chi connectivity index (χ4n) is 2.37. The highest BCUT2D eigenvalue weighted by Crippen LogP contribution is 2.28. The number of hydrogen-bond acceptors (Lipinski definition) is 5. The predicted octanol–water partition coefficient (Wildman–Crippen LogP) is 2.68. The van der Waals surface area contributed by atoms with Gasteiger partial charge < -0.3 is 10.4 Å². The van der Waals surface area contributed by atoms with Crippen LogP contribution in [-0.2, 0) is 4.79 Å². The molecular weight excluding hydrogens is 332 g/mol. The van der Waals surface area contributed by atoms with Crippen molar-refractivity contribution in [2.24, 2.45) is 0 Å². The summed E-state index contributed by atoms with van der Waals surface area (Å²) in [7, 11) is 0. The largest absolute Gasteiger partial charge is 0.480 e. The summed E-state index contributed by atoms with van der Waals surface area (Å²) in [5, 5.41) is 23.6. The van der Waals surface area contributed by atoms with Gasteiger partial charge in [0.05, 0.1) is 10.3 Å². The highest BCUT2D eigenvalue weighted by atomic mass is 32.2. The molecule has 2 aromatic rings. The lowest BCUT2D eigenvalue weighted by Crippen LogP contribution is -2.41. The maximum Gasteiger partial charge on any atom is 0.326 e. The molecular formula is C16H16N2O5S. The molecule has 2 N–H and O–H groups in total. The van der Waals surface area contributed by atoms with Gasteiger partial charge in [0, 0.05) is 17.0 Å². The van der Waals surface area contributed by atoms with Gasteiger partial charge >= 0.3 is 5.97 Å². The molecule has 7 nitrogen and oxygen atoms in total. The van der Waals surface area contributed by atoms with Crippen LogP contribution in [0.2, 0.25) is 0 Å². The first-order chi connectivity index (χ1) is 11.5. The Balaban J connectivity index is 2.38. The van der Waals surface area contributed by atoms with E-state index >= 15 is 0 Å². The zero-order chi connectivity index (χ0) is 17.7. The minimum Gasteiger partial charge on any atom is -0.480 e. The molecule has 2 rings (SSSR count). The van der Waals surface area contributed by atoms with E-state index in [9.17, 15) is 24.8 Å². The maximum atomic E-state index is 12.5. The van der Waals surface area contributed by atoms with E-state index in [2.05, 4.69) is 5.32 Å². The number of nitro benzene ring substituents is 1. The van der Waals surface area contributed by atoms with Crippen molar-refractivity contribution in [1.29, 1.82) is 0 Å². The van der Waals surface area contributed by atoms with E-state index in [1.807, 2.05) is 6.26 Å². The third-order valence-corrected chi connectivity index (χ3v) is 4.20. The summed E-state index contributed by atoms with van der Waals surface area (Å²) >= 11 is 1.49. The van der Waals surface area contributed by atoms with Crippen molar-refractivity contribution >= 4 is 40.1 Å². The van der Waals surface area contributed by atoms with Gasteiger partial charge in [-0.2, -0.15) is 11.8 Å². The number of carbonyl (C=O) groups is 2. The number of non-ortho nitro benzene ring substituents is 1. The topological polar surface area (TPSA) is 110 Å². The molecule has 126 valence electrons. The average molecular weight is 348 g/mol. The van der Waals surface area contributed by atoms with Crippen molar-refractivity contribution in [3.8, 4) is 0 Å². The number of fused-ring (bicyclic) bond motifs is 1. The third kappa shape index (κ3) is 3.83. The van der Waals surface area contributed by atoms with E-state index in [1.165, 1.54) is 23.9 Å². The number of thioether (sulfide) groups is 1. The van der Waals surface area contributed by atoms with Crippen LogP contribution in [0.15, 0.2) is 36.4 Å². The van der Waals surface area contributed by atoms with Gasteiger partial charge in [-0.3, -0.25) is 14.9 Å². The number of carbonyl (C=O) groups excluding carboxylic acids is 1. The van der Waals surface area contributed by atoms with Crippen molar-refractivity contribution in [3.05, 3.63) is 52.1 Å². The highest BCUT2D eigenvalue weighted by molar-refractivity contribution is 7.98. The number of rotatable bonds is 7. The summed E-state index contributed by atoms with van der Waals surface area (Å²) in [5.41, 5.74) is 0.117. The van der Waals surface area contributed by atoms with Crippen molar-refractivity contribution in [2.45, 2.75) is 12.5 Å². The van der Waals surface area contributed by atoms with Gasteiger partial charge in [0.2, 0.25) is 0 Å². The van der Waals surface area contributed by atoms with Crippen LogP contribution in [0, 0.1) is 10.1 Å². The zero-order valence-corrected chi connectivity index (χ0v) is 13.7. The lowest BCUT2D eigenvalue weighted by Gasteiger charge is -2.15. The summed E-state index contributed by atoms with van der Waals surface area (Å²) in [5.74, 6) is -1.07. The van der Waals surface area contributed by atoms with Gasteiger partial charge in [0.15, 0.2) is 0 Å². The molecule has 0 saturated carbocycles. The van der Waals surface area contributed by atoms with Crippen LogP contribution >= 0.6 is 11.8 Å². The minimum absolute atomic E-state index is 0.0979. The van der Waals surface area contributed by atoms with Crippen LogP contribution in [0.3, 0.4) is 0 Å². The summed E-state index contributed by atoms with van der Waals surface area (Å²) in [6, 6.07) is 8.10. The Labute approximate surface area is 142 Å². The molecule has 0 aliphatic heterocycles. The molecule has 0 spiro atoms. The Kier molecular flexibility index (Phi) is 5.75. The van der Waals surface area contributed by atoms with Crippen LogP contribution < -0.4 is 5.32 Å². The molecule has 0 saturated heterocycles. The Morgan fingerprint density at radius 2 is 1.92 bits per heavy atom. The van der Waals surface area contributed by atoms with E-state index in [-0.39, 0.29) is 11.3 Å². The van der Waals surface area contributed by atoms with Gasteiger partial charge in [0.1, 0.15) is 6.04 Å². The Hall–Kier alpha value is -2.61. The molecule has 0 bridgehead atoms. The van der Waals surface area contributed by atoms with E-state index in [0.717, 1.165) is 0 Å². The van der Waals surface area contributed by atoms with Crippen LogP contribution in [-0.4, -0.2) is 40.0 Å². The molecule has 0 unspecified atom stereocenters. The summed E-state index contributed by atoms with van der Waals surface area (Å²) in [6.45, 7) is 0. The molecule has 0 aromatic heterocycles. The lowest BCUT2D eigenvalue weighted by atomic mass is 10.0. The molecule has 2 aromatic carbocycles. The number of benzene rings is 2. The van der Waals surface area contributed by atoms with E-state index < -0.39 is 22.8 Å². The standard InChI is InChI=1S/C16H16N2O5S/c1-24-9-8-13(16(20)21)17-15(19)12-6-7-14(18(22)23)11-5-3-2-4-10(11)12/h2-7,13H,8-9H2,1H3,(H,17,19)(H,20,21)/t13-/m0/s1. The predicted molar refractivity (Wildman–Crippen MR) is 92.5 cm³/mol. The first-order valence-corrected chi connectivity index (χ1v) is 8.54. The molecule has 1 amide bonds. The number of amides is 1. The first kappa shape index (κ1) is 17.7. The van der Waals surface area contributed by atoms with E-state index in [0.29, 0.717) is 22.9 Å². The molecule has 0 fully saturated rings. The number of aliphatic carboxylic acids is 1. The second-order valence-electron chi connectivity index (χ2n) is 5.08. The fourth-order valence-corrected chi connectivity index (χ4v) is 2.84. The SMILES string of the molecule is CSCC[C@H](NC(=O)c1ccc([N+](=O)[O-])c2ccccc12)C(=O)O. The van der Waals surface area contributed by atoms with Crippen molar-refractivity contribution in [1.82, 2.24) is 5.32 Å². The number of carboxylic acid groups (broad SMARTS) is 1. The number of nitro groups is 1. The number of nitrogens with zero attached hydrogens (tertiary/aromatic N) is 1. The molecule has 0 heterocycles. The fraction of sp³-hybridized carbons (Fsp3) is 0.250. The maximum absolute atomic E-state index is 12.5. The highest BCUT2D eigenvalue weighted by Gasteiger charge is 2.23. The Bertz CT molecular complexity index is 793. The number of hydrogen-bond donors (Lipinski definition) is 2. The van der Waals surface area contributed by atoms with E-state index in [4.69, 9.17) is 0 Å². The van der Waals surface area contributed by atoms with Gasteiger partial charge in [0.25, 0.3) is 11.6 Å². The number of nitrogens with one attached hydrogen (secondary N) is 1. The van der Waals surface area contributed by atoms with Gasteiger partial charge in [-0.25, -0.2) is 4.79 Å². The molecule has 24 heavy (non-hydrogen) atoms. The number of carboxylic acids is 1. The van der Waals surface area contributed by atoms with Crippen molar-refractivity contribution < 1.29 is 19.6 Å². The summed E-state index contributed by atoms with van der Waals surface area (Å²) < 4.78 is 0. The van der Waals surface area contributed by atoms with Crippen LogP contribution in [0.1, 0.15) is 16.8 Å². The van der Waals surface area contributed by atoms with E-state index in [1.54, 1.807) is 24.3 Å². The molecule has 0 radical (unpaired) electrons. The zero-order valence-electron chi connectivity index (χ0n) is 12.9. The molecule has 0 aliphatic rings. The van der Waals surface area contributed by atoms with Crippen LogP contribution in [0.25, 0.3) is 10.8 Å². The van der Waals surface area contributed by atoms with Crippen molar-refractivity contribution in [3.63, 3.8) is 0 Å². The minimum atomic E-state index is -1.11. The third-order valence-electron chi connectivity index (χ3n) is 3.56. The summed E-state index contributed by atoms with van der Waals surface area (Å²) in [6.07, 6.45) is 2.15. The Morgan fingerprint density at radius 1 is 1.25 bits per heavy atom.